The molecule has 0 fully saturated rings. The van der Waals surface area contributed by atoms with Crippen LogP contribution in [0.5, 0.6) is 0 Å². The van der Waals surface area contributed by atoms with Gasteiger partial charge in [-0.1, -0.05) is 0 Å². The van der Waals surface area contributed by atoms with Crippen LogP contribution in [0.2, 0.25) is 0 Å². The Morgan fingerprint density at radius 1 is 1.31 bits per heavy atom. The molecule has 0 atom stereocenters. The quantitative estimate of drug-likeness (QED) is 0.837. The first-order chi connectivity index (χ1) is 7.70. The van der Waals surface area contributed by atoms with E-state index in [0.29, 0.717) is 17.9 Å². The van der Waals surface area contributed by atoms with Crippen molar-refractivity contribution >= 4 is 0 Å². The molecule has 2 aromatic rings. The molecule has 0 aliphatic carbocycles. The maximum Gasteiger partial charge on any atom is 0.142 e. The Morgan fingerprint density at radius 2 is 2.12 bits per heavy atom. The van der Waals surface area contributed by atoms with Crippen molar-refractivity contribution in [1.82, 2.24) is 9.97 Å². The molecule has 16 heavy (non-hydrogen) atoms. The van der Waals surface area contributed by atoms with Crippen LogP contribution in [0, 0.1) is 12.7 Å². The first kappa shape index (κ1) is 10.7. The fraction of sp³-hybridized carbons (Fsp3) is 0.167. The van der Waals surface area contributed by atoms with Crippen molar-refractivity contribution in [3.63, 3.8) is 0 Å². The maximum atomic E-state index is 13.1. The van der Waals surface area contributed by atoms with Gasteiger partial charge >= 0.3 is 0 Å². The van der Waals surface area contributed by atoms with E-state index in [1.165, 1.54) is 6.07 Å². The van der Waals surface area contributed by atoms with Crippen LogP contribution in [0.1, 0.15) is 11.4 Å². The number of nitrogens with zero attached hydrogens (tertiary/aromatic N) is 2. The minimum absolute atomic E-state index is 0.211. The molecule has 0 saturated heterocycles. The minimum atomic E-state index is -0.211. The number of halogens is 1. The molecular formula is C12H12FN3. The Morgan fingerprint density at radius 3 is 2.81 bits per heavy atom. The number of benzene rings is 1. The van der Waals surface area contributed by atoms with E-state index < -0.39 is 0 Å². The SMILES string of the molecule is Cc1cc(-c2ccnc(CN)n2)ccc1F. The summed E-state index contributed by atoms with van der Waals surface area (Å²) in [5.41, 5.74) is 7.70. The second kappa shape index (κ2) is 4.37. The van der Waals surface area contributed by atoms with Gasteiger partial charge in [0.05, 0.1) is 12.2 Å². The molecule has 0 aliphatic heterocycles. The van der Waals surface area contributed by atoms with Crippen molar-refractivity contribution in [3.05, 3.63) is 47.7 Å². The smallest absolute Gasteiger partial charge is 0.142 e. The van der Waals surface area contributed by atoms with Gasteiger partial charge in [0.25, 0.3) is 0 Å². The standard InChI is InChI=1S/C12H12FN3/c1-8-6-9(2-3-10(8)13)11-4-5-15-12(7-14)16-11/h2-6H,7,14H2,1H3. The lowest BCUT2D eigenvalue weighted by molar-refractivity contribution is 0.618. The number of nitrogens with two attached hydrogens (primary N) is 1. The van der Waals surface area contributed by atoms with E-state index in [-0.39, 0.29) is 5.82 Å². The predicted molar refractivity (Wildman–Crippen MR) is 60.1 cm³/mol. The Hall–Kier alpha value is -1.81. The van der Waals surface area contributed by atoms with Crippen molar-refractivity contribution in [2.45, 2.75) is 13.5 Å². The number of aryl methyl sites for hydroxylation is 1. The van der Waals surface area contributed by atoms with Gasteiger partial charge in [-0.15, -0.1) is 0 Å². The summed E-state index contributed by atoms with van der Waals surface area (Å²) in [6.45, 7) is 2.03. The van der Waals surface area contributed by atoms with Gasteiger partial charge in [-0.3, -0.25) is 0 Å². The van der Waals surface area contributed by atoms with Crippen molar-refractivity contribution < 1.29 is 4.39 Å². The second-order valence-electron chi connectivity index (χ2n) is 3.53. The molecule has 1 aromatic carbocycles. The van der Waals surface area contributed by atoms with Gasteiger partial charge in [-0.05, 0) is 36.8 Å². The van der Waals surface area contributed by atoms with E-state index in [0.717, 1.165) is 11.3 Å². The molecule has 3 nitrogen and oxygen atoms in total. The Bertz CT molecular complexity index is 511. The molecule has 1 aromatic heterocycles. The van der Waals surface area contributed by atoms with E-state index in [4.69, 9.17) is 5.73 Å². The molecule has 2 N–H and O–H groups in total. The minimum Gasteiger partial charge on any atom is -0.324 e. The third-order valence-corrected chi connectivity index (χ3v) is 2.34. The monoisotopic (exact) mass is 217 g/mol. The van der Waals surface area contributed by atoms with Gasteiger partial charge in [0.2, 0.25) is 0 Å². The Kier molecular flexibility index (Phi) is 2.92. The van der Waals surface area contributed by atoms with Gasteiger partial charge < -0.3 is 5.73 Å². The first-order valence-corrected chi connectivity index (χ1v) is 4.99. The van der Waals surface area contributed by atoms with E-state index in [1.54, 1.807) is 31.3 Å². The molecule has 0 aliphatic rings. The summed E-state index contributed by atoms with van der Waals surface area (Å²) < 4.78 is 13.1. The number of hydrogen-bond acceptors (Lipinski definition) is 3. The zero-order chi connectivity index (χ0) is 11.5. The number of hydrogen-bond donors (Lipinski definition) is 1. The average molecular weight is 217 g/mol. The topological polar surface area (TPSA) is 51.8 Å². The molecule has 4 heteroatoms. The molecule has 0 radical (unpaired) electrons. The van der Waals surface area contributed by atoms with Crippen LogP contribution >= 0.6 is 0 Å². The molecule has 1 heterocycles. The van der Waals surface area contributed by atoms with Gasteiger partial charge in [-0.25, -0.2) is 14.4 Å². The predicted octanol–water partition coefficient (Wildman–Crippen LogP) is 2.05. The highest BCUT2D eigenvalue weighted by Crippen LogP contribution is 2.19. The molecule has 0 spiro atoms. The lowest BCUT2D eigenvalue weighted by atomic mass is 10.1. The lowest BCUT2D eigenvalue weighted by Crippen LogP contribution is -2.03. The maximum absolute atomic E-state index is 13.1. The van der Waals surface area contributed by atoms with E-state index in [9.17, 15) is 4.39 Å². The van der Waals surface area contributed by atoms with Crippen molar-refractivity contribution in [2.75, 3.05) is 0 Å². The van der Waals surface area contributed by atoms with Gasteiger partial charge in [0.15, 0.2) is 0 Å². The molecule has 0 amide bonds. The molecule has 2 rings (SSSR count). The highest BCUT2D eigenvalue weighted by molar-refractivity contribution is 5.59. The number of rotatable bonds is 2. The van der Waals surface area contributed by atoms with E-state index in [2.05, 4.69) is 9.97 Å². The van der Waals surface area contributed by atoms with Crippen LogP contribution in [-0.2, 0) is 6.54 Å². The average Bonchev–Trinajstić information content (AvgIpc) is 2.33. The summed E-state index contributed by atoms with van der Waals surface area (Å²) in [6, 6.07) is 6.68. The molecular weight excluding hydrogens is 205 g/mol. The fourth-order valence-electron chi connectivity index (χ4n) is 1.46. The van der Waals surface area contributed by atoms with Crippen molar-refractivity contribution in [3.8, 4) is 11.3 Å². The Balaban J connectivity index is 2.46. The van der Waals surface area contributed by atoms with Gasteiger partial charge in [0.1, 0.15) is 11.6 Å². The van der Waals surface area contributed by atoms with Crippen LogP contribution in [0.25, 0.3) is 11.3 Å². The summed E-state index contributed by atoms with van der Waals surface area (Å²) in [7, 11) is 0. The Labute approximate surface area is 93.2 Å². The summed E-state index contributed by atoms with van der Waals surface area (Å²) in [6.07, 6.45) is 1.66. The zero-order valence-electron chi connectivity index (χ0n) is 8.94. The normalized spacial score (nSPS) is 10.4. The highest BCUT2D eigenvalue weighted by Gasteiger charge is 2.03. The van der Waals surface area contributed by atoms with Crippen LogP contribution in [0.4, 0.5) is 4.39 Å². The molecule has 0 saturated carbocycles. The summed E-state index contributed by atoms with van der Waals surface area (Å²) in [5, 5.41) is 0. The zero-order valence-corrected chi connectivity index (χ0v) is 8.94. The van der Waals surface area contributed by atoms with Crippen LogP contribution in [0.15, 0.2) is 30.5 Å². The number of aromatic nitrogens is 2. The molecule has 0 bridgehead atoms. The molecule has 82 valence electrons. The summed E-state index contributed by atoms with van der Waals surface area (Å²) in [5.74, 6) is 0.372. The summed E-state index contributed by atoms with van der Waals surface area (Å²) >= 11 is 0. The lowest BCUT2D eigenvalue weighted by Gasteiger charge is -2.04. The van der Waals surface area contributed by atoms with Crippen LogP contribution in [0.3, 0.4) is 0 Å². The second-order valence-corrected chi connectivity index (χ2v) is 3.53. The van der Waals surface area contributed by atoms with E-state index in [1.807, 2.05) is 0 Å². The summed E-state index contributed by atoms with van der Waals surface area (Å²) in [4.78, 5) is 8.29. The van der Waals surface area contributed by atoms with Gasteiger partial charge in [-0.2, -0.15) is 0 Å². The third kappa shape index (κ3) is 2.06. The first-order valence-electron chi connectivity index (χ1n) is 4.99. The molecule has 0 unspecified atom stereocenters. The van der Waals surface area contributed by atoms with Crippen molar-refractivity contribution in [1.29, 1.82) is 0 Å². The highest BCUT2D eigenvalue weighted by atomic mass is 19.1. The van der Waals surface area contributed by atoms with Crippen molar-refractivity contribution in [2.24, 2.45) is 5.73 Å². The van der Waals surface area contributed by atoms with Crippen LogP contribution < -0.4 is 5.73 Å². The van der Waals surface area contributed by atoms with Crippen LogP contribution in [-0.4, -0.2) is 9.97 Å². The third-order valence-electron chi connectivity index (χ3n) is 2.34. The van der Waals surface area contributed by atoms with E-state index >= 15 is 0 Å². The largest absolute Gasteiger partial charge is 0.324 e. The fourth-order valence-corrected chi connectivity index (χ4v) is 1.46. The van der Waals surface area contributed by atoms with Gasteiger partial charge in [0, 0.05) is 11.8 Å².